The normalized spacial score (nSPS) is 11.7. The fraction of sp³-hybridized carbons (Fsp3) is 0.188. The molecule has 5 aromatic rings. The van der Waals surface area contributed by atoms with Gasteiger partial charge >= 0.3 is 5.97 Å². The molecule has 3 aromatic carbocycles. The first kappa shape index (κ1) is 27.8. The Bertz CT molecular complexity index is 1790. The first-order valence-electron chi connectivity index (χ1n) is 13.1. The van der Waals surface area contributed by atoms with E-state index < -0.39 is 18.0 Å². The number of aryl methyl sites for hydroxylation is 1. The van der Waals surface area contributed by atoms with E-state index in [-0.39, 0.29) is 17.7 Å². The fourth-order valence-electron chi connectivity index (χ4n) is 4.64. The van der Waals surface area contributed by atoms with E-state index in [1.165, 1.54) is 15.9 Å². The van der Waals surface area contributed by atoms with Crippen LogP contribution in [0.3, 0.4) is 0 Å². The molecule has 0 aliphatic carbocycles. The number of rotatable bonds is 8. The van der Waals surface area contributed by atoms with Crippen LogP contribution in [0.15, 0.2) is 83.0 Å². The molecule has 0 aliphatic heterocycles. The number of carbonyl (C=O) groups is 2. The van der Waals surface area contributed by atoms with E-state index in [4.69, 9.17) is 9.47 Å². The molecule has 0 spiro atoms. The van der Waals surface area contributed by atoms with E-state index in [9.17, 15) is 14.4 Å². The van der Waals surface area contributed by atoms with Crippen molar-refractivity contribution in [1.82, 2.24) is 9.55 Å². The number of hydrogen-bond acceptors (Lipinski definition) is 7. The second kappa shape index (κ2) is 11.8. The molecule has 8 nitrogen and oxygen atoms in total. The van der Waals surface area contributed by atoms with Crippen LogP contribution >= 0.6 is 11.3 Å². The number of methoxy groups -OCH3 is 1. The van der Waals surface area contributed by atoms with Crippen molar-refractivity contribution in [3.63, 3.8) is 0 Å². The minimum absolute atomic E-state index is 0.0832. The summed E-state index contributed by atoms with van der Waals surface area (Å²) in [5.41, 5.74) is 3.74. The Hall–Kier alpha value is -4.76. The number of anilines is 1. The first-order valence-corrected chi connectivity index (χ1v) is 14.0. The number of amides is 1. The molecule has 1 unspecified atom stereocenters. The van der Waals surface area contributed by atoms with E-state index in [0.717, 1.165) is 22.4 Å². The number of thiazole rings is 1. The average Bonchev–Trinajstić information content (AvgIpc) is 3.46. The van der Waals surface area contributed by atoms with Crippen molar-refractivity contribution in [3.8, 4) is 28.1 Å². The molecule has 2 heterocycles. The maximum absolute atomic E-state index is 13.7. The molecular weight excluding hydrogens is 538 g/mol. The number of aromatic nitrogens is 2. The lowest BCUT2D eigenvalue weighted by Gasteiger charge is -2.20. The molecule has 0 aliphatic rings. The molecule has 1 N–H and O–H groups in total. The van der Waals surface area contributed by atoms with Crippen molar-refractivity contribution in [2.45, 2.75) is 26.4 Å². The van der Waals surface area contributed by atoms with Crippen LogP contribution in [0, 0.1) is 6.92 Å². The van der Waals surface area contributed by atoms with Gasteiger partial charge in [-0.15, -0.1) is 11.3 Å². The van der Waals surface area contributed by atoms with Gasteiger partial charge in [0, 0.05) is 28.9 Å². The summed E-state index contributed by atoms with van der Waals surface area (Å²) in [7, 11) is 3.14. The summed E-state index contributed by atoms with van der Waals surface area (Å²) in [6.07, 6.45) is -0.862. The van der Waals surface area contributed by atoms with Gasteiger partial charge in [-0.05, 0) is 54.6 Å². The number of nitrogens with one attached hydrogen (secondary N) is 1. The predicted octanol–water partition coefficient (Wildman–Crippen LogP) is 6.22. The van der Waals surface area contributed by atoms with Crippen LogP contribution < -0.4 is 15.6 Å². The quantitative estimate of drug-likeness (QED) is 0.224. The molecule has 0 saturated carbocycles. The number of nitrogens with zero attached hydrogens (tertiary/aromatic N) is 2. The average molecular weight is 568 g/mol. The molecule has 1 atom stereocenters. The molecule has 1 amide bonds. The van der Waals surface area contributed by atoms with Crippen molar-refractivity contribution < 1.29 is 19.1 Å². The van der Waals surface area contributed by atoms with Crippen LogP contribution in [-0.4, -0.2) is 34.6 Å². The maximum Gasteiger partial charge on any atom is 0.356 e. The van der Waals surface area contributed by atoms with E-state index >= 15 is 0 Å². The Kier molecular flexibility index (Phi) is 7.98. The molecule has 0 fully saturated rings. The van der Waals surface area contributed by atoms with Gasteiger partial charge in [-0.2, -0.15) is 0 Å². The maximum atomic E-state index is 13.7. The van der Waals surface area contributed by atoms with E-state index in [1.807, 2.05) is 73.0 Å². The van der Waals surface area contributed by atoms with Crippen LogP contribution in [0.4, 0.5) is 5.13 Å². The third-order valence-electron chi connectivity index (χ3n) is 6.87. The molecule has 41 heavy (non-hydrogen) atoms. The number of benzene rings is 3. The zero-order chi connectivity index (χ0) is 29.1. The topological polar surface area (TPSA) is 99.5 Å². The van der Waals surface area contributed by atoms with Gasteiger partial charge in [0.2, 0.25) is 0 Å². The Morgan fingerprint density at radius 1 is 0.976 bits per heavy atom. The lowest BCUT2D eigenvalue weighted by molar-refractivity contribution is -0.124. The molecule has 208 valence electrons. The zero-order valence-corrected chi connectivity index (χ0v) is 24.0. The Morgan fingerprint density at radius 3 is 2.29 bits per heavy atom. The Labute approximate surface area is 241 Å². The predicted molar refractivity (Wildman–Crippen MR) is 162 cm³/mol. The van der Waals surface area contributed by atoms with E-state index in [0.29, 0.717) is 27.2 Å². The third-order valence-corrected chi connectivity index (χ3v) is 7.63. The summed E-state index contributed by atoms with van der Waals surface area (Å²) in [5.74, 6) is -0.523. The standard InChI is InChI=1S/C32H29N3O5S/c1-5-26(29(36)34-32-33-25(18-41-32)20-14-16-22(39-4)17-15-20)40-31(38)28-27(21-12-10-19(2)11-13-21)23-8-6-7-9-24(23)30(37)35(28)3/h6-18,26H,5H2,1-4H3,(H,33,34,36). The second-order valence-corrected chi connectivity index (χ2v) is 10.4. The molecular formula is C32H29N3O5S. The van der Waals surface area contributed by atoms with Gasteiger partial charge in [0.25, 0.3) is 11.5 Å². The van der Waals surface area contributed by atoms with Crippen molar-refractivity contribution in [2.24, 2.45) is 7.05 Å². The molecule has 0 radical (unpaired) electrons. The van der Waals surface area contributed by atoms with Gasteiger partial charge in [-0.1, -0.05) is 55.0 Å². The summed E-state index contributed by atoms with van der Waals surface area (Å²) in [4.78, 5) is 44.6. The summed E-state index contributed by atoms with van der Waals surface area (Å²) in [6, 6.07) is 22.3. The van der Waals surface area contributed by atoms with Gasteiger partial charge in [0.05, 0.1) is 12.8 Å². The second-order valence-electron chi connectivity index (χ2n) is 9.56. The molecule has 9 heteroatoms. The van der Waals surface area contributed by atoms with Gasteiger partial charge in [-0.25, -0.2) is 9.78 Å². The summed E-state index contributed by atoms with van der Waals surface area (Å²) < 4.78 is 12.3. The Balaban J connectivity index is 1.43. The largest absolute Gasteiger partial charge is 0.497 e. The van der Waals surface area contributed by atoms with Crippen molar-refractivity contribution in [1.29, 1.82) is 0 Å². The molecule has 0 saturated heterocycles. The van der Waals surface area contributed by atoms with Crippen molar-refractivity contribution in [3.05, 3.63) is 99.8 Å². The third kappa shape index (κ3) is 5.62. The van der Waals surface area contributed by atoms with E-state index in [1.54, 1.807) is 33.2 Å². The number of fused-ring (bicyclic) bond motifs is 1. The van der Waals surface area contributed by atoms with Crippen LogP contribution in [0.5, 0.6) is 5.75 Å². The van der Waals surface area contributed by atoms with Gasteiger partial charge < -0.3 is 14.0 Å². The summed E-state index contributed by atoms with van der Waals surface area (Å²) in [6.45, 7) is 3.73. The zero-order valence-electron chi connectivity index (χ0n) is 23.1. The van der Waals surface area contributed by atoms with Gasteiger partial charge in [0.15, 0.2) is 11.2 Å². The van der Waals surface area contributed by atoms with Crippen LogP contribution in [0.25, 0.3) is 33.2 Å². The van der Waals surface area contributed by atoms with Gasteiger partial charge in [0.1, 0.15) is 11.4 Å². The van der Waals surface area contributed by atoms with Crippen LogP contribution in [0.1, 0.15) is 29.4 Å². The highest BCUT2D eigenvalue weighted by molar-refractivity contribution is 7.14. The SMILES string of the molecule is CCC(OC(=O)c1c(-c2ccc(C)cc2)c2ccccc2c(=O)n1C)C(=O)Nc1nc(-c2ccc(OC)cc2)cs1. The lowest BCUT2D eigenvalue weighted by Crippen LogP contribution is -2.34. The van der Waals surface area contributed by atoms with Crippen LogP contribution in [0.2, 0.25) is 0 Å². The highest BCUT2D eigenvalue weighted by Gasteiger charge is 2.28. The van der Waals surface area contributed by atoms with Crippen molar-refractivity contribution in [2.75, 3.05) is 12.4 Å². The highest BCUT2D eigenvalue weighted by Crippen LogP contribution is 2.32. The molecule has 2 aromatic heterocycles. The van der Waals surface area contributed by atoms with Crippen molar-refractivity contribution >= 4 is 39.1 Å². The number of pyridine rings is 1. The number of ether oxygens (including phenoxy) is 2. The monoisotopic (exact) mass is 567 g/mol. The fourth-order valence-corrected chi connectivity index (χ4v) is 5.36. The lowest BCUT2D eigenvalue weighted by atomic mass is 9.96. The summed E-state index contributed by atoms with van der Waals surface area (Å²) >= 11 is 1.27. The summed E-state index contributed by atoms with van der Waals surface area (Å²) in [5, 5.41) is 6.11. The number of esters is 1. The van der Waals surface area contributed by atoms with Crippen LogP contribution in [-0.2, 0) is 16.6 Å². The molecule has 5 rings (SSSR count). The highest BCUT2D eigenvalue weighted by atomic mass is 32.1. The minimum atomic E-state index is -1.09. The minimum Gasteiger partial charge on any atom is -0.497 e. The van der Waals surface area contributed by atoms with E-state index in [2.05, 4.69) is 10.3 Å². The Morgan fingerprint density at radius 2 is 1.63 bits per heavy atom. The number of hydrogen-bond donors (Lipinski definition) is 1. The smallest absolute Gasteiger partial charge is 0.356 e. The van der Waals surface area contributed by atoms with Gasteiger partial charge in [-0.3, -0.25) is 14.9 Å². The molecule has 0 bridgehead atoms. The first-order chi connectivity index (χ1) is 19.8. The number of carbonyl (C=O) groups excluding carboxylic acids is 2.